The first kappa shape index (κ1) is 20.6. The van der Waals surface area contributed by atoms with Gasteiger partial charge >= 0.3 is 14.8 Å². The number of hydrogen-bond donors (Lipinski definition) is 0. The predicted octanol–water partition coefficient (Wildman–Crippen LogP) is 2.96. The van der Waals surface area contributed by atoms with Crippen LogP contribution in [0, 0.1) is 0 Å². The Hall–Kier alpha value is -0.693. The fourth-order valence-corrected chi connectivity index (χ4v) is 3.92. The largest absolute Gasteiger partial charge is 0.500 e. The summed E-state index contributed by atoms with van der Waals surface area (Å²) in [6.45, 7) is 14.6. The van der Waals surface area contributed by atoms with Gasteiger partial charge in [0.25, 0.3) is 0 Å². The van der Waals surface area contributed by atoms with Gasteiger partial charge < -0.3 is 13.3 Å². The average Bonchev–Trinajstić information content (AvgIpc) is 2.31. The quantitative estimate of drug-likeness (QED) is 0.484. The van der Waals surface area contributed by atoms with Gasteiger partial charge in [0.15, 0.2) is 0 Å². The predicted molar refractivity (Wildman–Crippen MR) is 76.2 cm³/mol. The molecule has 0 heterocycles. The molecular weight excluding hydrogens is 264 g/mol. The molecule has 0 rings (SSSR count). The molecule has 0 aliphatic carbocycles. The molecule has 0 spiro atoms. The summed E-state index contributed by atoms with van der Waals surface area (Å²) in [6, 6.07) is 0.919. The van der Waals surface area contributed by atoms with Crippen molar-refractivity contribution in [1.29, 1.82) is 0 Å². The van der Waals surface area contributed by atoms with Gasteiger partial charge in [-0.25, -0.2) is 9.90 Å². The highest BCUT2D eigenvalue weighted by Crippen LogP contribution is 2.17. The van der Waals surface area contributed by atoms with Crippen molar-refractivity contribution in [3.05, 3.63) is 12.2 Å². The number of hydrogen-bond acceptors (Lipinski definition) is 4. The van der Waals surface area contributed by atoms with E-state index in [9.17, 15) is 9.90 Å². The average molecular weight is 291 g/mol. The molecule has 6 heteroatoms. The highest BCUT2D eigenvalue weighted by atomic mass is 28.4. The molecule has 19 heavy (non-hydrogen) atoms. The molecule has 0 amide bonds. The van der Waals surface area contributed by atoms with Crippen LogP contribution in [0.5, 0.6) is 0 Å². The van der Waals surface area contributed by atoms with E-state index in [2.05, 4.69) is 13.5 Å². The summed E-state index contributed by atoms with van der Waals surface area (Å²) in [6.07, 6.45) is 1.05. The molecule has 0 N–H and O–H groups in total. The van der Waals surface area contributed by atoms with Gasteiger partial charge in [-0.15, -0.1) is 0 Å². The van der Waals surface area contributed by atoms with Crippen molar-refractivity contribution < 1.29 is 23.2 Å². The van der Waals surface area contributed by atoms with E-state index < -0.39 is 14.8 Å². The van der Waals surface area contributed by atoms with Gasteiger partial charge in [-0.1, -0.05) is 19.9 Å². The van der Waals surface area contributed by atoms with Crippen LogP contribution in [0.2, 0.25) is 6.04 Å². The van der Waals surface area contributed by atoms with Crippen LogP contribution >= 0.6 is 0 Å². The Morgan fingerprint density at radius 3 is 1.47 bits per heavy atom. The molecule has 0 saturated carbocycles. The molecule has 0 saturated heterocycles. The Bertz CT molecular complexity index is 214. The molecule has 0 aromatic rings. The zero-order valence-corrected chi connectivity index (χ0v) is 13.8. The molecule has 0 atom stereocenters. The van der Waals surface area contributed by atoms with Crippen LogP contribution in [-0.2, 0) is 23.2 Å². The number of carbonyl (C=O) groups is 1. The lowest BCUT2D eigenvalue weighted by Gasteiger charge is -2.27. The first-order valence-corrected chi connectivity index (χ1v) is 8.60. The fraction of sp³-hybridized carbons (Fsp3) is 0.769. The van der Waals surface area contributed by atoms with Gasteiger partial charge in [0.1, 0.15) is 0 Å². The topological polar surface area (TPSA) is 64.7 Å². The molecule has 0 aliphatic rings. The van der Waals surface area contributed by atoms with Crippen LogP contribution < -0.4 is 0 Å². The van der Waals surface area contributed by atoms with E-state index in [1.165, 1.54) is 6.92 Å². The zero-order chi connectivity index (χ0) is 15.3. The summed E-state index contributed by atoms with van der Waals surface area (Å²) >= 11 is 0. The van der Waals surface area contributed by atoms with E-state index >= 15 is 0 Å². The van der Waals surface area contributed by atoms with E-state index in [-0.39, 0.29) is 5.57 Å². The highest BCUT2D eigenvalue weighted by molar-refractivity contribution is 6.60. The molecule has 113 valence electrons. The van der Waals surface area contributed by atoms with Crippen LogP contribution in [0.25, 0.3) is 0 Å². The Morgan fingerprint density at radius 1 is 1.00 bits per heavy atom. The maximum absolute atomic E-state index is 9.49. The van der Waals surface area contributed by atoms with Gasteiger partial charge in [-0.3, -0.25) is 0 Å². The second-order valence-electron chi connectivity index (χ2n) is 3.80. The van der Waals surface area contributed by atoms with E-state index in [1.54, 1.807) is 0 Å². The molecule has 0 fully saturated rings. The highest BCUT2D eigenvalue weighted by Gasteiger charge is 2.38. The van der Waals surface area contributed by atoms with Gasteiger partial charge in [-0.2, -0.15) is 0 Å². The minimum Gasteiger partial charge on any atom is -0.374 e. The van der Waals surface area contributed by atoms with Crippen molar-refractivity contribution in [2.75, 3.05) is 19.8 Å². The molecule has 1 radical (unpaired) electrons. The van der Waals surface area contributed by atoms with Crippen molar-refractivity contribution in [2.24, 2.45) is 0 Å². The minimum atomic E-state index is -2.30. The van der Waals surface area contributed by atoms with Crippen molar-refractivity contribution >= 4 is 14.8 Å². The summed E-state index contributed by atoms with van der Waals surface area (Å²) in [5.41, 5.74) is 0.0648. The van der Waals surface area contributed by atoms with Crippen molar-refractivity contribution in [1.82, 2.24) is 0 Å². The second kappa shape index (κ2) is 12.3. The smallest absolute Gasteiger partial charge is 0.374 e. The summed E-state index contributed by atoms with van der Waals surface area (Å²) in [5, 5.41) is 9.49. The third-order valence-electron chi connectivity index (χ3n) is 2.00. The third kappa shape index (κ3) is 10.9. The molecule has 0 unspecified atom stereocenters. The summed E-state index contributed by atoms with van der Waals surface area (Å²) in [5.74, 6) is -1.19. The molecule has 0 bridgehead atoms. The summed E-state index contributed by atoms with van der Waals surface area (Å²) in [4.78, 5) is 9.49. The van der Waals surface area contributed by atoms with Gasteiger partial charge in [-0.05, 0) is 27.7 Å². The maximum Gasteiger partial charge on any atom is 0.500 e. The first-order chi connectivity index (χ1) is 8.89. The third-order valence-corrected chi connectivity index (χ3v) is 5.30. The summed E-state index contributed by atoms with van der Waals surface area (Å²) < 4.78 is 16.9. The van der Waals surface area contributed by atoms with Crippen LogP contribution in [-0.4, -0.2) is 34.6 Å². The minimum absolute atomic E-state index is 0.0648. The zero-order valence-electron chi connectivity index (χ0n) is 12.8. The van der Waals surface area contributed by atoms with E-state index in [0.717, 1.165) is 12.5 Å². The van der Waals surface area contributed by atoms with E-state index in [4.69, 9.17) is 13.3 Å². The normalized spacial score (nSPS) is 10.6. The lowest BCUT2D eigenvalue weighted by molar-refractivity contribution is -0.138. The molecule has 0 aromatic heterocycles. The monoisotopic (exact) mass is 291 g/mol. The first-order valence-electron chi connectivity index (χ1n) is 6.67. The Balaban J connectivity index is 0. The Kier molecular flexibility index (Phi) is 13.4. The van der Waals surface area contributed by atoms with E-state index in [0.29, 0.717) is 19.8 Å². The molecule has 0 aliphatic heterocycles. The maximum atomic E-state index is 9.49. The number of carbonyl (C=O) groups excluding carboxylic acids is 1. The van der Waals surface area contributed by atoms with Crippen molar-refractivity contribution in [3.63, 3.8) is 0 Å². The Morgan fingerprint density at radius 2 is 1.32 bits per heavy atom. The second-order valence-corrected chi connectivity index (χ2v) is 6.53. The van der Waals surface area contributed by atoms with Crippen molar-refractivity contribution in [2.45, 2.75) is 47.1 Å². The fourth-order valence-electron chi connectivity index (χ4n) is 1.31. The van der Waals surface area contributed by atoms with Crippen molar-refractivity contribution in [3.8, 4) is 0 Å². The Labute approximate surface area is 117 Å². The van der Waals surface area contributed by atoms with Gasteiger partial charge in [0.2, 0.25) is 0 Å². The summed E-state index contributed by atoms with van der Waals surface area (Å²) in [7, 11) is -2.30. The molecule has 0 aromatic carbocycles. The van der Waals surface area contributed by atoms with Crippen LogP contribution in [0.3, 0.4) is 0 Å². The van der Waals surface area contributed by atoms with Gasteiger partial charge in [0.05, 0.1) is 0 Å². The SMILES string of the molecule is C=C(C)C([O])=O.CCC[Si](OCC)(OCC)OCC. The van der Waals surface area contributed by atoms with Crippen LogP contribution in [0.4, 0.5) is 0 Å². The standard InChI is InChI=1S/C9H22O3Si.C4H5O2/c1-5-9-13(10-6-2,11-7-3)12-8-4;1-3(2)4(5)6/h5-9H2,1-4H3;1H2,2H3. The van der Waals surface area contributed by atoms with Gasteiger partial charge in [0, 0.05) is 31.4 Å². The molecular formula is C13H27O5Si. The number of rotatable bonds is 9. The lowest BCUT2D eigenvalue weighted by atomic mass is 10.4. The molecule has 5 nitrogen and oxygen atoms in total. The lowest BCUT2D eigenvalue weighted by Crippen LogP contribution is -2.45. The van der Waals surface area contributed by atoms with Crippen LogP contribution in [0.1, 0.15) is 41.0 Å². The van der Waals surface area contributed by atoms with E-state index in [1.807, 2.05) is 20.8 Å². The van der Waals surface area contributed by atoms with Crippen LogP contribution in [0.15, 0.2) is 12.2 Å².